The number of nitrogens with one attached hydrogen (secondary N) is 1. The molecule has 8 heteroatoms. The number of hydrogen-bond acceptors (Lipinski definition) is 7. The summed E-state index contributed by atoms with van der Waals surface area (Å²) in [7, 11) is 0. The van der Waals surface area contributed by atoms with E-state index >= 15 is 0 Å². The van der Waals surface area contributed by atoms with Gasteiger partial charge in [0.15, 0.2) is 11.5 Å². The van der Waals surface area contributed by atoms with Crippen LogP contribution < -0.4 is 14.8 Å². The van der Waals surface area contributed by atoms with Gasteiger partial charge >= 0.3 is 5.97 Å². The summed E-state index contributed by atoms with van der Waals surface area (Å²) in [6, 6.07) is 14.4. The number of esters is 1. The Labute approximate surface area is 173 Å². The van der Waals surface area contributed by atoms with Gasteiger partial charge in [-0.1, -0.05) is 35.5 Å². The van der Waals surface area contributed by atoms with Crippen molar-refractivity contribution in [3.63, 3.8) is 0 Å². The van der Waals surface area contributed by atoms with Crippen LogP contribution in [0.25, 0.3) is 0 Å². The minimum absolute atomic E-state index is 0.160. The maximum absolute atomic E-state index is 12.5. The standard InChI is InChI=1S/C22H22N2O6/c1-14(16-7-10-18-19(11-16)28-13-27-18)24-29-12-20(25)30-21(15-5-3-2-4-6-15)22(26)23-17-8-9-17/h2-7,10-11,17,21H,8-9,12-13H2,1H3,(H,23,26)/b24-14-/t21-/m1/s1. The van der Waals surface area contributed by atoms with E-state index in [0.717, 1.165) is 18.4 Å². The van der Waals surface area contributed by atoms with Gasteiger partial charge in [0.1, 0.15) is 0 Å². The highest BCUT2D eigenvalue weighted by molar-refractivity contribution is 5.99. The van der Waals surface area contributed by atoms with E-state index in [0.29, 0.717) is 22.8 Å². The monoisotopic (exact) mass is 410 g/mol. The van der Waals surface area contributed by atoms with Crippen LogP contribution in [0.1, 0.15) is 37.0 Å². The van der Waals surface area contributed by atoms with Crippen molar-refractivity contribution in [2.75, 3.05) is 13.4 Å². The first kappa shape index (κ1) is 19.8. The van der Waals surface area contributed by atoms with Gasteiger partial charge in [-0.25, -0.2) is 4.79 Å². The molecular formula is C22H22N2O6. The zero-order valence-corrected chi connectivity index (χ0v) is 16.5. The Morgan fingerprint density at radius 2 is 1.90 bits per heavy atom. The number of ether oxygens (including phenoxy) is 3. The summed E-state index contributed by atoms with van der Waals surface area (Å²) in [5, 5.41) is 6.83. The Morgan fingerprint density at radius 1 is 1.13 bits per heavy atom. The smallest absolute Gasteiger partial charge is 0.348 e. The van der Waals surface area contributed by atoms with Gasteiger partial charge in [-0.2, -0.15) is 0 Å². The first-order valence-electron chi connectivity index (χ1n) is 9.71. The van der Waals surface area contributed by atoms with E-state index < -0.39 is 18.7 Å². The first-order chi connectivity index (χ1) is 14.6. The van der Waals surface area contributed by atoms with Crippen LogP contribution in [0.4, 0.5) is 0 Å². The fraction of sp³-hybridized carbons (Fsp3) is 0.318. The van der Waals surface area contributed by atoms with Crippen molar-refractivity contribution in [1.82, 2.24) is 5.32 Å². The molecule has 2 aromatic rings. The van der Waals surface area contributed by atoms with Crippen molar-refractivity contribution in [3.05, 3.63) is 59.7 Å². The van der Waals surface area contributed by atoms with Crippen LogP contribution in [-0.2, 0) is 19.2 Å². The molecule has 4 rings (SSSR count). The van der Waals surface area contributed by atoms with Gasteiger partial charge in [0.2, 0.25) is 19.5 Å². The maximum Gasteiger partial charge on any atom is 0.348 e. The van der Waals surface area contributed by atoms with E-state index in [9.17, 15) is 9.59 Å². The van der Waals surface area contributed by atoms with E-state index in [2.05, 4.69) is 10.5 Å². The molecule has 1 heterocycles. The molecule has 1 atom stereocenters. The van der Waals surface area contributed by atoms with Crippen LogP contribution >= 0.6 is 0 Å². The topological polar surface area (TPSA) is 95.5 Å². The molecule has 1 aliphatic heterocycles. The van der Waals surface area contributed by atoms with Crippen molar-refractivity contribution in [1.29, 1.82) is 0 Å². The van der Waals surface area contributed by atoms with Crippen molar-refractivity contribution >= 4 is 17.6 Å². The summed E-state index contributed by atoms with van der Waals surface area (Å²) in [4.78, 5) is 29.9. The third kappa shape index (κ3) is 4.89. The van der Waals surface area contributed by atoms with Gasteiger partial charge in [0.25, 0.3) is 5.91 Å². The zero-order valence-electron chi connectivity index (χ0n) is 16.5. The second-order valence-corrected chi connectivity index (χ2v) is 7.08. The van der Waals surface area contributed by atoms with Gasteiger partial charge in [-0.05, 0) is 38.0 Å². The minimum atomic E-state index is -1.03. The number of fused-ring (bicyclic) bond motifs is 1. The fourth-order valence-electron chi connectivity index (χ4n) is 2.93. The van der Waals surface area contributed by atoms with Gasteiger partial charge < -0.3 is 24.4 Å². The van der Waals surface area contributed by atoms with Crippen LogP contribution in [0.2, 0.25) is 0 Å². The molecule has 1 amide bonds. The Hall–Kier alpha value is -3.55. The van der Waals surface area contributed by atoms with Crippen LogP contribution in [0.5, 0.6) is 11.5 Å². The van der Waals surface area contributed by atoms with E-state index in [1.807, 2.05) is 12.1 Å². The fourth-order valence-corrected chi connectivity index (χ4v) is 2.93. The van der Waals surface area contributed by atoms with Gasteiger partial charge in [-0.15, -0.1) is 0 Å². The molecule has 1 N–H and O–H groups in total. The molecule has 0 radical (unpaired) electrons. The van der Waals surface area contributed by atoms with Crippen molar-refractivity contribution in [2.45, 2.75) is 31.9 Å². The average Bonchev–Trinajstić information content (AvgIpc) is 3.44. The Kier molecular flexibility index (Phi) is 5.83. The molecule has 0 aromatic heterocycles. The lowest BCUT2D eigenvalue weighted by molar-refractivity contribution is -0.160. The van der Waals surface area contributed by atoms with Crippen LogP contribution in [0.15, 0.2) is 53.7 Å². The molecule has 0 saturated heterocycles. The zero-order chi connectivity index (χ0) is 20.9. The highest BCUT2D eigenvalue weighted by Gasteiger charge is 2.30. The predicted octanol–water partition coefficient (Wildman–Crippen LogP) is 2.72. The lowest BCUT2D eigenvalue weighted by Gasteiger charge is -2.17. The Morgan fingerprint density at radius 3 is 2.67 bits per heavy atom. The molecule has 1 aliphatic carbocycles. The summed E-state index contributed by atoms with van der Waals surface area (Å²) in [6.07, 6.45) is 0.859. The van der Waals surface area contributed by atoms with Gasteiger partial charge in [0.05, 0.1) is 5.71 Å². The summed E-state index contributed by atoms with van der Waals surface area (Å²) in [6.45, 7) is 1.52. The number of amides is 1. The van der Waals surface area contributed by atoms with Crippen LogP contribution in [0.3, 0.4) is 0 Å². The highest BCUT2D eigenvalue weighted by atomic mass is 16.7. The number of rotatable bonds is 8. The summed E-state index contributed by atoms with van der Waals surface area (Å²) in [5.74, 6) is 0.287. The van der Waals surface area contributed by atoms with Crippen molar-refractivity contribution in [3.8, 4) is 11.5 Å². The number of benzene rings is 2. The third-order valence-electron chi connectivity index (χ3n) is 4.69. The second kappa shape index (κ2) is 8.86. The molecule has 0 unspecified atom stereocenters. The molecule has 30 heavy (non-hydrogen) atoms. The molecule has 0 bridgehead atoms. The first-order valence-corrected chi connectivity index (χ1v) is 9.71. The molecule has 1 fully saturated rings. The highest BCUT2D eigenvalue weighted by Crippen LogP contribution is 2.32. The summed E-state index contributed by atoms with van der Waals surface area (Å²) in [5.41, 5.74) is 1.94. The van der Waals surface area contributed by atoms with Gasteiger partial charge in [-0.3, -0.25) is 4.79 Å². The molecule has 156 valence electrons. The van der Waals surface area contributed by atoms with E-state index in [1.165, 1.54) is 0 Å². The number of nitrogens with zero attached hydrogens (tertiary/aromatic N) is 1. The molecule has 1 saturated carbocycles. The van der Waals surface area contributed by atoms with E-state index in [-0.39, 0.29) is 18.7 Å². The molecule has 0 spiro atoms. The number of oxime groups is 1. The quantitative estimate of drug-likeness (QED) is 0.408. The summed E-state index contributed by atoms with van der Waals surface area (Å²) < 4.78 is 16.0. The number of hydrogen-bond donors (Lipinski definition) is 1. The van der Waals surface area contributed by atoms with Crippen molar-refractivity contribution in [2.24, 2.45) is 5.16 Å². The third-order valence-corrected chi connectivity index (χ3v) is 4.69. The van der Waals surface area contributed by atoms with Gasteiger partial charge in [0, 0.05) is 17.2 Å². The lowest BCUT2D eigenvalue weighted by Crippen LogP contribution is -2.34. The second-order valence-electron chi connectivity index (χ2n) is 7.08. The van der Waals surface area contributed by atoms with Crippen LogP contribution in [-0.4, -0.2) is 37.0 Å². The Bertz CT molecular complexity index is 955. The molecule has 2 aliphatic rings. The maximum atomic E-state index is 12.5. The van der Waals surface area contributed by atoms with E-state index in [4.69, 9.17) is 19.0 Å². The largest absolute Gasteiger partial charge is 0.454 e. The average molecular weight is 410 g/mol. The van der Waals surface area contributed by atoms with E-state index in [1.54, 1.807) is 43.3 Å². The lowest BCUT2D eigenvalue weighted by atomic mass is 10.1. The molecular weight excluding hydrogens is 388 g/mol. The SMILES string of the molecule is C/C(=N/OCC(=O)O[C@@H](C(=O)NC1CC1)c1ccccc1)c1ccc2c(c1)OCO2. The molecule has 8 nitrogen and oxygen atoms in total. The molecule has 2 aromatic carbocycles. The summed E-state index contributed by atoms with van der Waals surface area (Å²) >= 11 is 0. The normalized spacial score (nSPS) is 16.0. The van der Waals surface area contributed by atoms with Crippen molar-refractivity contribution < 1.29 is 28.6 Å². The number of carbonyl (C=O) groups excluding carboxylic acids is 2. The minimum Gasteiger partial charge on any atom is -0.454 e. The Balaban J connectivity index is 1.35. The van der Waals surface area contributed by atoms with Crippen LogP contribution in [0, 0.1) is 0 Å². The number of carbonyl (C=O) groups is 2. The predicted molar refractivity (Wildman–Crippen MR) is 107 cm³/mol.